The van der Waals surface area contributed by atoms with Crippen LogP contribution in [-0.4, -0.2) is 29.0 Å². The highest BCUT2D eigenvalue weighted by Gasteiger charge is 2.15. The van der Waals surface area contributed by atoms with Crippen LogP contribution in [0.15, 0.2) is 78.9 Å². The molecule has 1 heterocycles. The van der Waals surface area contributed by atoms with E-state index in [1.807, 2.05) is 42.5 Å². The van der Waals surface area contributed by atoms with Crippen molar-refractivity contribution in [2.24, 2.45) is 0 Å². The van der Waals surface area contributed by atoms with Crippen LogP contribution in [0.1, 0.15) is 20.7 Å². The molecule has 154 valence electrons. The lowest BCUT2D eigenvalue weighted by molar-refractivity contribution is 0.0847. The molecule has 0 spiro atoms. The van der Waals surface area contributed by atoms with E-state index in [0.717, 1.165) is 11.3 Å². The van der Waals surface area contributed by atoms with E-state index in [1.165, 1.54) is 18.2 Å². The van der Waals surface area contributed by atoms with Gasteiger partial charge in [-0.2, -0.15) is 0 Å². The summed E-state index contributed by atoms with van der Waals surface area (Å²) in [5, 5.41) is 10.2. The topological polar surface area (TPSA) is 101 Å². The van der Waals surface area contributed by atoms with Crippen molar-refractivity contribution < 1.29 is 19.4 Å². The Kier molecular flexibility index (Phi) is 5.49. The number of fused-ring (bicyclic) bond motifs is 1. The van der Waals surface area contributed by atoms with Gasteiger partial charge in [0.2, 0.25) is 0 Å². The van der Waals surface area contributed by atoms with Gasteiger partial charge >= 0.3 is 0 Å². The molecule has 2 amide bonds. The van der Waals surface area contributed by atoms with Crippen molar-refractivity contribution in [2.45, 2.75) is 0 Å². The maximum Gasteiger partial charge on any atom is 0.270 e. The molecular weight excluding hydrogens is 394 g/mol. The normalized spacial score (nSPS) is 10.5. The van der Waals surface area contributed by atoms with Gasteiger partial charge in [-0.1, -0.05) is 24.3 Å². The van der Waals surface area contributed by atoms with Crippen molar-refractivity contribution in [3.05, 3.63) is 90.0 Å². The first-order valence-electron chi connectivity index (χ1n) is 9.49. The highest BCUT2D eigenvalue weighted by molar-refractivity contribution is 6.08. The summed E-state index contributed by atoms with van der Waals surface area (Å²) < 4.78 is 5.20. The Morgan fingerprint density at radius 3 is 2.35 bits per heavy atom. The monoisotopic (exact) mass is 413 g/mol. The van der Waals surface area contributed by atoms with Gasteiger partial charge in [-0.05, 0) is 54.6 Å². The summed E-state index contributed by atoms with van der Waals surface area (Å²) in [6.07, 6.45) is 0. The minimum Gasteiger partial charge on any atom is -0.508 e. The number of para-hydroxylation sites is 1. The fourth-order valence-electron chi connectivity index (χ4n) is 3.17. The molecule has 0 saturated heterocycles. The lowest BCUT2D eigenvalue weighted by atomic mass is 10.0. The summed E-state index contributed by atoms with van der Waals surface area (Å²) in [7, 11) is 1.59. The number of nitrogens with one attached hydrogen (secondary N) is 2. The van der Waals surface area contributed by atoms with E-state index in [-0.39, 0.29) is 11.3 Å². The maximum absolute atomic E-state index is 12.9. The SMILES string of the molecule is COc1ccc(-c2cc(C(=O)NNC(=O)c3cccc(O)c3)c3ccccc3n2)cc1. The zero-order valence-corrected chi connectivity index (χ0v) is 16.6. The molecular formula is C24H19N3O4. The van der Waals surface area contributed by atoms with Crippen molar-refractivity contribution in [1.82, 2.24) is 15.8 Å². The maximum atomic E-state index is 12.9. The standard InChI is InChI=1S/C24H19N3O4/c1-31-18-11-9-15(10-12-18)22-14-20(19-7-2-3-8-21(19)25-22)24(30)27-26-23(29)16-5-4-6-17(28)13-16/h2-14,28H,1H3,(H,26,29)(H,27,30). The van der Waals surface area contributed by atoms with Gasteiger partial charge < -0.3 is 9.84 Å². The van der Waals surface area contributed by atoms with E-state index in [4.69, 9.17) is 4.74 Å². The van der Waals surface area contributed by atoms with Crippen molar-refractivity contribution in [2.75, 3.05) is 7.11 Å². The van der Waals surface area contributed by atoms with Gasteiger partial charge in [-0.3, -0.25) is 20.4 Å². The molecule has 0 radical (unpaired) electrons. The van der Waals surface area contributed by atoms with Gasteiger partial charge in [-0.15, -0.1) is 0 Å². The number of aromatic nitrogens is 1. The summed E-state index contributed by atoms with van der Waals surface area (Å²) in [5.74, 6) is -0.347. The lowest BCUT2D eigenvalue weighted by Gasteiger charge is -2.12. The van der Waals surface area contributed by atoms with Crippen LogP contribution in [0.25, 0.3) is 22.2 Å². The molecule has 0 aliphatic heterocycles. The van der Waals surface area contributed by atoms with Crippen LogP contribution in [0.3, 0.4) is 0 Å². The van der Waals surface area contributed by atoms with Crippen LogP contribution >= 0.6 is 0 Å². The second-order valence-corrected chi connectivity index (χ2v) is 6.76. The Labute approximate surface area is 178 Å². The first-order chi connectivity index (χ1) is 15.0. The molecule has 31 heavy (non-hydrogen) atoms. The molecule has 7 heteroatoms. The average molecular weight is 413 g/mol. The summed E-state index contributed by atoms with van der Waals surface area (Å²) in [4.78, 5) is 29.9. The van der Waals surface area contributed by atoms with Crippen LogP contribution in [-0.2, 0) is 0 Å². The molecule has 0 aliphatic rings. The van der Waals surface area contributed by atoms with Gasteiger partial charge in [0, 0.05) is 16.5 Å². The number of pyridine rings is 1. The van der Waals surface area contributed by atoms with Gasteiger partial charge in [0.25, 0.3) is 11.8 Å². The van der Waals surface area contributed by atoms with Crippen molar-refractivity contribution in [3.8, 4) is 22.8 Å². The van der Waals surface area contributed by atoms with Crippen LogP contribution in [0, 0.1) is 0 Å². The summed E-state index contributed by atoms with van der Waals surface area (Å²) >= 11 is 0. The molecule has 0 bridgehead atoms. The number of rotatable bonds is 4. The highest BCUT2D eigenvalue weighted by atomic mass is 16.5. The Morgan fingerprint density at radius 2 is 1.61 bits per heavy atom. The minimum absolute atomic E-state index is 0.0387. The first-order valence-corrected chi connectivity index (χ1v) is 9.49. The molecule has 0 aliphatic carbocycles. The Balaban J connectivity index is 1.63. The Morgan fingerprint density at radius 1 is 0.871 bits per heavy atom. The van der Waals surface area contributed by atoms with Gasteiger partial charge in [0.15, 0.2) is 0 Å². The van der Waals surface area contributed by atoms with Gasteiger partial charge in [-0.25, -0.2) is 4.98 Å². The van der Waals surface area contributed by atoms with E-state index in [1.54, 1.807) is 25.3 Å². The number of nitrogens with zero attached hydrogens (tertiary/aromatic N) is 1. The van der Waals surface area contributed by atoms with Crippen molar-refractivity contribution in [1.29, 1.82) is 0 Å². The predicted octanol–water partition coefficient (Wildman–Crippen LogP) is 3.69. The fourth-order valence-corrected chi connectivity index (χ4v) is 3.17. The predicted molar refractivity (Wildman–Crippen MR) is 117 cm³/mol. The zero-order valence-electron chi connectivity index (χ0n) is 16.6. The molecule has 4 aromatic rings. The number of carbonyl (C=O) groups excluding carboxylic acids is 2. The number of ether oxygens (including phenoxy) is 1. The second kappa shape index (κ2) is 8.54. The number of carbonyl (C=O) groups is 2. The molecule has 3 aromatic carbocycles. The molecule has 3 N–H and O–H groups in total. The van der Waals surface area contributed by atoms with E-state index < -0.39 is 11.8 Å². The summed E-state index contributed by atoms with van der Waals surface area (Å²) in [6, 6.07) is 22.2. The quantitative estimate of drug-likeness (QED) is 0.443. The Hall–Kier alpha value is -4.39. The summed E-state index contributed by atoms with van der Waals surface area (Å²) in [6.45, 7) is 0. The van der Waals surface area contributed by atoms with Crippen molar-refractivity contribution in [3.63, 3.8) is 0 Å². The number of benzene rings is 3. The van der Waals surface area contributed by atoms with E-state index >= 15 is 0 Å². The van der Waals surface area contributed by atoms with Crippen LogP contribution in [0.5, 0.6) is 11.5 Å². The fraction of sp³-hybridized carbons (Fsp3) is 0.0417. The minimum atomic E-state index is -0.544. The third kappa shape index (κ3) is 4.30. The average Bonchev–Trinajstić information content (AvgIpc) is 2.81. The molecule has 0 atom stereocenters. The largest absolute Gasteiger partial charge is 0.508 e. The van der Waals surface area contributed by atoms with E-state index in [0.29, 0.717) is 22.2 Å². The Bertz CT molecular complexity index is 1270. The van der Waals surface area contributed by atoms with Crippen molar-refractivity contribution >= 4 is 22.7 Å². The molecule has 0 fully saturated rings. The number of phenols is 1. The molecule has 1 aromatic heterocycles. The van der Waals surface area contributed by atoms with E-state index in [2.05, 4.69) is 15.8 Å². The third-order valence-electron chi connectivity index (χ3n) is 4.74. The number of hydrazine groups is 1. The van der Waals surface area contributed by atoms with Crippen LogP contribution in [0.4, 0.5) is 0 Å². The highest BCUT2D eigenvalue weighted by Crippen LogP contribution is 2.26. The molecule has 0 saturated carbocycles. The number of amides is 2. The number of aromatic hydroxyl groups is 1. The first kappa shape index (κ1) is 19.9. The molecule has 7 nitrogen and oxygen atoms in total. The number of hydrogen-bond acceptors (Lipinski definition) is 5. The van der Waals surface area contributed by atoms with E-state index in [9.17, 15) is 14.7 Å². The molecule has 0 unspecified atom stereocenters. The second-order valence-electron chi connectivity index (χ2n) is 6.76. The zero-order chi connectivity index (χ0) is 21.8. The van der Waals surface area contributed by atoms with Crippen LogP contribution < -0.4 is 15.6 Å². The van der Waals surface area contributed by atoms with Gasteiger partial charge in [0.05, 0.1) is 23.9 Å². The number of hydrogen-bond donors (Lipinski definition) is 3. The smallest absolute Gasteiger partial charge is 0.270 e. The van der Waals surface area contributed by atoms with Gasteiger partial charge in [0.1, 0.15) is 11.5 Å². The lowest BCUT2D eigenvalue weighted by Crippen LogP contribution is -2.41. The van der Waals surface area contributed by atoms with Crippen LogP contribution in [0.2, 0.25) is 0 Å². The third-order valence-corrected chi connectivity index (χ3v) is 4.74. The number of phenolic OH excluding ortho intramolecular Hbond substituents is 1. The summed E-state index contributed by atoms with van der Waals surface area (Å²) in [5.41, 5.74) is 7.50. The number of methoxy groups -OCH3 is 1. The molecule has 4 rings (SSSR count).